The lowest BCUT2D eigenvalue weighted by molar-refractivity contribution is 0.384. The van der Waals surface area contributed by atoms with E-state index >= 15 is 0 Å². The molecule has 0 saturated carbocycles. The first-order chi connectivity index (χ1) is 1.91. The van der Waals surface area contributed by atoms with E-state index in [2.05, 4.69) is 0 Å². The highest BCUT2D eigenvalue weighted by atomic mass is 16.3. The summed E-state index contributed by atoms with van der Waals surface area (Å²) < 4.78 is 0. The Kier molecular flexibility index (Phi) is 1.95. The average molecular weight is 59.0 g/mol. The molecular weight excluding hydrogens is 56.0 g/mol. The van der Waals surface area contributed by atoms with Gasteiger partial charge >= 0.3 is 0 Å². The number of hydrogen-bond acceptors (Lipinski definition) is 2. The molecule has 0 unspecified atom stereocenters. The van der Waals surface area contributed by atoms with E-state index in [0.717, 1.165) is 0 Å². The van der Waals surface area contributed by atoms with Crippen molar-refractivity contribution in [3.05, 3.63) is 12.5 Å². The second-order valence-electron chi connectivity index (χ2n) is 0.258. The highest BCUT2D eigenvalue weighted by Crippen LogP contribution is 1.41. The minimum Gasteiger partial charge on any atom is -0.512 e. The molecule has 0 spiro atoms. The first kappa shape index (κ1) is 3.34. The van der Waals surface area contributed by atoms with Crippen molar-refractivity contribution in [2.75, 3.05) is 0 Å². The van der Waals surface area contributed by atoms with Crippen LogP contribution in [0.15, 0.2) is 6.26 Å². The van der Waals surface area contributed by atoms with Crippen molar-refractivity contribution in [2.45, 2.75) is 0 Å². The minimum absolute atomic E-state index is 0.431. The molecule has 2 nitrogen and oxygen atoms in total. The van der Waals surface area contributed by atoms with Crippen LogP contribution in [0.1, 0.15) is 0 Å². The molecule has 0 aromatic carbocycles. The van der Waals surface area contributed by atoms with Gasteiger partial charge in [-0.2, -0.15) is 0 Å². The molecule has 0 saturated heterocycles. The van der Waals surface area contributed by atoms with E-state index in [4.69, 9.17) is 10.2 Å². The van der Waals surface area contributed by atoms with Crippen molar-refractivity contribution >= 4 is 0 Å². The fourth-order valence-corrected chi connectivity index (χ4v) is 0. The van der Waals surface area contributed by atoms with Crippen molar-refractivity contribution in [1.29, 1.82) is 0 Å². The lowest BCUT2D eigenvalue weighted by Gasteiger charge is -1.53. The number of hydrogen-bond donors (Lipinski definition) is 2. The van der Waals surface area contributed by atoms with Crippen molar-refractivity contribution in [2.24, 2.45) is 0 Å². The topological polar surface area (TPSA) is 40.5 Å². The molecule has 4 heavy (non-hydrogen) atoms. The van der Waals surface area contributed by atoms with E-state index in [0.29, 0.717) is 6.26 Å². The van der Waals surface area contributed by atoms with Gasteiger partial charge in [-0.25, -0.2) is 0 Å². The van der Waals surface area contributed by atoms with Crippen LogP contribution < -0.4 is 0 Å². The molecule has 0 atom stereocenters. The number of rotatable bonds is 0. The van der Waals surface area contributed by atoms with Crippen LogP contribution in [-0.2, 0) is 0 Å². The summed E-state index contributed by atoms with van der Waals surface area (Å²) in [5.41, 5.74) is 0. The Morgan fingerprint density at radius 3 is 2.00 bits per heavy atom. The molecule has 23 valence electrons. The van der Waals surface area contributed by atoms with Crippen LogP contribution >= 0.6 is 0 Å². The van der Waals surface area contributed by atoms with Crippen molar-refractivity contribution < 1.29 is 10.2 Å². The zero-order chi connectivity index (χ0) is 3.41. The van der Waals surface area contributed by atoms with Gasteiger partial charge in [0.05, 0.1) is 0 Å². The number of aliphatic hydroxyl groups is 2. The van der Waals surface area contributed by atoms with E-state index in [1.54, 1.807) is 0 Å². The van der Waals surface area contributed by atoms with Gasteiger partial charge in [-0.05, 0) is 0 Å². The molecule has 0 aromatic heterocycles. The van der Waals surface area contributed by atoms with Crippen molar-refractivity contribution in [3.63, 3.8) is 0 Å². The van der Waals surface area contributed by atoms with Gasteiger partial charge in [-0.1, -0.05) is 0 Å². The summed E-state index contributed by atoms with van der Waals surface area (Å²) >= 11 is 0. The van der Waals surface area contributed by atoms with Crippen LogP contribution in [0.2, 0.25) is 0 Å². The van der Waals surface area contributed by atoms with Gasteiger partial charge < -0.3 is 10.2 Å². The molecule has 0 heterocycles. The quantitative estimate of drug-likeness (QED) is 0.396. The first-order valence-electron chi connectivity index (χ1n) is 0.770. The zero-order valence-electron chi connectivity index (χ0n) is 1.97. The van der Waals surface area contributed by atoms with Crippen LogP contribution in [0.5, 0.6) is 0 Å². The van der Waals surface area contributed by atoms with E-state index in [1.165, 1.54) is 6.26 Å². The summed E-state index contributed by atoms with van der Waals surface area (Å²) in [5, 5.41) is 14.7. The Labute approximate surface area is 24.0 Å². The van der Waals surface area contributed by atoms with Gasteiger partial charge in [0.15, 0.2) is 6.26 Å². The van der Waals surface area contributed by atoms with Gasteiger partial charge in [0.1, 0.15) is 6.26 Å². The van der Waals surface area contributed by atoms with Gasteiger partial charge in [0.2, 0.25) is 0 Å². The van der Waals surface area contributed by atoms with Crippen LogP contribution in [0.3, 0.4) is 0 Å². The van der Waals surface area contributed by atoms with Crippen LogP contribution in [0.4, 0.5) is 0 Å². The van der Waals surface area contributed by atoms with E-state index in [1.807, 2.05) is 0 Å². The summed E-state index contributed by atoms with van der Waals surface area (Å²) in [5.74, 6) is 0. The van der Waals surface area contributed by atoms with E-state index < -0.39 is 0 Å². The fraction of sp³-hybridized carbons (Fsp3) is 0. The smallest absolute Gasteiger partial charge is 0.195 e. The van der Waals surface area contributed by atoms with Crippen LogP contribution in [0.25, 0.3) is 0 Å². The summed E-state index contributed by atoms with van der Waals surface area (Å²) in [6.07, 6.45) is 1.79. The maximum atomic E-state index is 7.39. The Morgan fingerprint density at radius 2 is 2.00 bits per heavy atom. The van der Waals surface area contributed by atoms with Gasteiger partial charge in [-0.3, -0.25) is 0 Å². The fourth-order valence-electron chi connectivity index (χ4n) is 0. The third-order valence-electron chi connectivity index (χ3n) is 0.0577. The lowest BCUT2D eigenvalue weighted by Crippen LogP contribution is -1.45. The van der Waals surface area contributed by atoms with E-state index in [-0.39, 0.29) is 0 Å². The normalized spacial score (nSPS) is 9.00. The largest absolute Gasteiger partial charge is 0.512 e. The molecule has 0 amide bonds. The SMILES string of the molecule is O/[C]=C\O. The molecule has 0 aliphatic rings. The predicted octanol–water partition coefficient (Wildman–Crippen LogP) is 0.377. The molecule has 0 aromatic rings. The van der Waals surface area contributed by atoms with E-state index in [9.17, 15) is 0 Å². The Morgan fingerprint density at radius 1 is 1.75 bits per heavy atom. The van der Waals surface area contributed by atoms with Crippen molar-refractivity contribution in [3.8, 4) is 0 Å². The molecule has 0 rings (SSSR count). The molecule has 0 aliphatic heterocycles. The summed E-state index contributed by atoms with van der Waals surface area (Å²) in [4.78, 5) is 0. The Bertz CT molecular complexity index is 19.2. The third kappa shape index (κ3) is 1.34. The highest BCUT2D eigenvalue weighted by molar-refractivity contribution is 4.38. The standard InChI is InChI=1S/C2H3O2/c3-1-2-4/h1,3-4H. The third-order valence-corrected chi connectivity index (χ3v) is 0.0577. The molecule has 2 heteroatoms. The Hall–Kier alpha value is -0.660. The molecule has 1 radical (unpaired) electrons. The second-order valence-corrected chi connectivity index (χ2v) is 0.258. The van der Waals surface area contributed by atoms with Crippen LogP contribution in [-0.4, -0.2) is 10.2 Å². The maximum Gasteiger partial charge on any atom is 0.195 e. The highest BCUT2D eigenvalue weighted by Gasteiger charge is 1.40. The summed E-state index contributed by atoms with van der Waals surface area (Å²) in [6, 6.07) is 0. The Balaban J connectivity index is 2.55. The van der Waals surface area contributed by atoms with Crippen LogP contribution in [0, 0.1) is 6.26 Å². The lowest BCUT2D eigenvalue weighted by atomic mass is 11.1. The van der Waals surface area contributed by atoms with Crippen molar-refractivity contribution in [1.82, 2.24) is 0 Å². The first-order valence-corrected chi connectivity index (χ1v) is 0.770. The molecular formula is C2H3O2. The van der Waals surface area contributed by atoms with Gasteiger partial charge in [0.25, 0.3) is 0 Å². The maximum absolute atomic E-state index is 7.39. The molecule has 0 bridgehead atoms. The monoisotopic (exact) mass is 59.0 g/mol. The summed E-state index contributed by atoms with van der Waals surface area (Å²) in [7, 11) is 0. The summed E-state index contributed by atoms with van der Waals surface area (Å²) in [6.45, 7) is 0. The predicted molar refractivity (Wildman–Crippen MR) is 13.1 cm³/mol. The number of aliphatic hydroxyl groups excluding tert-OH is 2. The van der Waals surface area contributed by atoms with Gasteiger partial charge in [0, 0.05) is 0 Å². The molecule has 0 fully saturated rings. The molecule has 0 aliphatic carbocycles. The molecule has 2 N–H and O–H groups in total. The second kappa shape index (κ2) is 2.34. The van der Waals surface area contributed by atoms with Gasteiger partial charge in [-0.15, -0.1) is 0 Å². The minimum atomic E-state index is 0.431. The average Bonchev–Trinajstić information content (AvgIpc) is 1.37. The zero-order valence-corrected chi connectivity index (χ0v) is 1.97.